The van der Waals surface area contributed by atoms with Crippen LogP contribution in [0, 0.1) is 6.92 Å². The SMILES string of the molecule is Cc1cc(C(=O)O)c2c([nH]c3ccc(Cl)cc32)c1OC(C)I. The third-order valence-electron chi connectivity index (χ3n) is 3.49. The minimum atomic E-state index is -0.969. The molecular formula is C16H13ClINO3. The molecule has 0 saturated carbocycles. The Morgan fingerprint density at radius 2 is 2.14 bits per heavy atom. The second-order valence-corrected chi connectivity index (χ2v) is 7.29. The van der Waals surface area contributed by atoms with Gasteiger partial charge in [0.1, 0.15) is 9.86 Å². The van der Waals surface area contributed by atoms with Crippen molar-refractivity contribution in [2.45, 2.75) is 18.0 Å². The number of carbonyl (C=O) groups is 1. The number of fused-ring (bicyclic) bond motifs is 3. The number of aromatic carboxylic acids is 1. The zero-order chi connectivity index (χ0) is 16.0. The first-order chi connectivity index (χ1) is 10.4. The Morgan fingerprint density at radius 1 is 1.41 bits per heavy atom. The quantitative estimate of drug-likeness (QED) is 0.447. The van der Waals surface area contributed by atoms with E-state index in [1.165, 1.54) is 0 Å². The zero-order valence-electron chi connectivity index (χ0n) is 11.9. The molecule has 114 valence electrons. The van der Waals surface area contributed by atoms with Crippen LogP contribution in [0.1, 0.15) is 22.8 Å². The number of benzene rings is 2. The van der Waals surface area contributed by atoms with E-state index in [9.17, 15) is 9.90 Å². The number of carboxylic acid groups (broad SMARTS) is 1. The largest absolute Gasteiger partial charge is 0.478 e. The summed E-state index contributed by atoms with van der Waals surface area (Å²) in [5, 5.41) is 11.5. The summed E-state index contributed by atoms with van der Waals surface area (Å²) in [7, 11) is 0. The molecule has 0 fully saturated rings. The maximum atomic E-state index is 11.6. The van der Waals surface area contributed by atoms with Crippen molar-refractivity contribution in [1.29, 1.82) is 0 Å². The first kappa shape index (κ1) is 15.4. The Hall–Kier alpha value is -1.47. The van der Waals surface area contributed by atoms with Crippen LogP contribution in [-0.4, -0.2) is 20.2 Å². The van der Waals surface area contributed by atoms with Crippen molar-refractivity contribution in [3.63, 3.8) is 0 Å². The van der Waals surface area contributed by atoms with Crippen molar-refractivity contribution in [1.82, 2.24) is 4.98 Å². The van der Waals surface area contributed by atoms with Gasteiger partial charge in [0.05, 0.1) is 11.1 Å². The van der Waals surface area contributed by atoms with Gasteiger partial charge in [0, 0.05) is 21.3 Å². The number of hydrogen-bond donors (Lipinski definition) is 2. The van der Waals surface area contributed by atoms with Crippen LogP contribution in [0.25, 0.3) is 21.8 Å². The number of halogens is 2. The van der Waals surface area contributed by atoms with Crippen molar-refractivity contribution in [2.24, 2.45) is 0 Å². The number of aryl methyl sites for hydroxylation is 1. The summed E-state index contributed by atoms with van der Waals surface area (Å²) in [6.07, 6.45) is 0. The molecule has 0 aliphatic heterocycles. The molecule has 3 rings (SSSR count). The van der Waals surface area contributed by atoms with Crippen molar-refractivity contribution >= 4 is 62.0 Å². The lowest BCUT2D eigenvalue weighted by Crippen LogP contribution is -2.06. The smallest absolute Gasteiger partial charge is 0.336 e. The Labute approximate surface area is 145 Å². The van der Waals surface area contributed by atoms with Gasteiger partial charge in [0.25, 0.3) is 0 Å². The van der Waals surface area contributed by atoms with Gasteiger partial charge in [-0.05, 0) is 66.3 Å². The van der Waals surface area contributed by atoms with Crippen LogP contribution in [0.4, 0.5) is 0 Å². The third kappa shape index (κ3) is 2.52. The minimum Gasteiger partial charge on any atom is -0.478 e. The van der Waals surface area contributed by atoms with Gasteiger partial charge in [-0.15, -0.1) is 0 Å². The second kappa shape index (κ2) is 5.62. The number of H-pyrrole nitrogens is 1. The maximum absolute atomic E-state index is 11.6. The monoisotopic (exact) mass is 429 g/mol. The average Bonchev–Trinajstić information content (AvgIpc) is 2.79. The number of alkyl halides is 1. The highest BCUT2D eigenvalue weighted by Gasteiger charge is 2.20. The van der Waals surface area contributed by atoms with Crippen LogP contribution in [0.15, 0.2) is 24.3 Å². The summed E-state index contributed by atoms with van der Waals surface area (Å²) in [6, 6.07) is 7.03. The molecule has 0 spiro atoms. The highest BCUT2D eigenvalue weighted by molar-refractivity contribution is 14.1. The standard InChI is InChI=1S/C16H13ClINO3/c1-7-5-11(16(20)21)13-10-6-9(17)3-4-12(10)19-14(13)15(7)22-8(2)18/h3-6,8,19H,1-2H3,(H,20,21). The van der Waals surface area contributed by atoms with Crippen LogP contribution >= 0.6 is 34.2 Å². The van der Waals surface area contributed by atoms with Crippen LogP contribution in [0.5, 0.6) is 5.75 Å². The fourth-order valence-corrected chi connectivity index (χ4v) is 3.07. The predicted octanol–water partition coefficient (Wildman–Crippen LogP) is 5.14. The van der Waals surface area contributed by atoms with Gasteiger partial charge < -0.3 is 14.8 Å². The third-order valence-corrected chi connectivity index (χ3v) is 3.98. The molecule has 2 aromatic carbocycles. The van der Waals surface area contributed by atoms with E-state index < -0.39 is 5.97 Å². The van der Waals surface area contributed by atoms with E-state index in [2.05, 4.69) is 27.6 Å². The van der Waals surface area contributed by atoms with Gasteiger partial charge in [-0.2, -0.15) is 0 Å². The molecule has 6 heteroatoms. The molecule has 0 saturated heterocycles. The lowest BCUT2D eigenvalue weighted by atomic mass is 10.0. The first-order valence-electron chi connectivity index (χ1n) is 6.67. The lowest BCUT2D eigenvalue weighted by Gasteiger charge is -2.13. The van der Waals surface area contributed by atoms with Crippen LogP contribution in [-0.2, 0) is 0 Å². The Bertz CT molecular complexity index is 901. The number of nitrogens with one attached hydrogen (secondary N) is 1. The molecule has 1 aromatic heterocycles. The van der Waals surface area contributed by atoms with Crippen molar-refractivity contribution in [2.75, 3.05) is 0 Å². The molecule has 0 aliphatic carbocycles. The molecule has 1 unspecified atom stereocenters. The van der Waals surface area contributed by atoms with Gasteiger partial charge >= 0.3 is 5.97 Å². The molecule has 0 radical (unpaired) electrons. The fraction of sp³-hybridized carbons (Fsp3) is 0.188. The van der Waals surface area contributed by atoms with Gasteiger partial charge in [-0.25, -0.2) is 4.79 Å². The zero-order valence-corrected chi connectivity index (χ0v) is 14.8. The second-order valence-electron chi connectivity index (χ2n) is 5.10. The van der Waals surface area contributed by atoms with Crippen molar-refractivity contribution in [3.8, 4) is 5.75 Å². The van der Waals surface area contributed by atoms with E-state index in [0.29, 0.717) is 21.7 Å². The number of aromatic amines is 1. The Balaban J connectivity index is 2.49. The van der Waals surface area contributed by atoms with Gasteiger partial charge in [0.15, 0.2) is 0 Å². The average molecular weight is 430 g/mol. The summed E-state index contributed by atoms with van der Waals surface area (Å²) in [4.78, 5) is 14.9. The topological polar surface area (TPSA) is 62.3 Å². The Kier molecular flexibility index (Phi) is 3.94. The van der Waals surface area contributed by atoms with E-state index >= 15 is 0 Å². The van der Waals surface area contributed by atoms with Gasteiger partial charge in [-0.3, -0.25) is 0 Å². The number of ether oxygens (including phenoxy) is 1. The van der Waals surface area contributed by atoms with Crippen LogP contribution < -0.4 is 4.74 Å². The van der Waals surface area contributed by atoms with E-state index in [1.54, 1.807) is 18.2 Å². The number of hydrogen-bond acceptors (Lipinski definition) is 2. The molecule has 22 heavy (non-hydrogen) atoms. The first-order valence-corrected chi connectivity index (χ1v) is 8.29. The summed E-state index contributed by atoms with van der Waals surface area (Å²) >= 11 is 8.24. The Morgan fingerprint density at radius 3 is 2.77 bits per heavy atom. The summed E-state index contributed by atoms with van der Waals surface area (Å²) in [6.45, 7) is 3.77. The highest BCUT2D eigenvalue weighted by Crippen LogP contribution is 2.38. The van der Waals surface area contributed by atoms with Crippen LogP contribution in [0.2, 0.25) is 5.02 Å². The fourth-order valence-electron chi connectivity index (χ4n) is 2.65. The normalized spacial score (nSPS) is 12.7. The molecule has 2 N–H and O–H groups in total. The van der Waals surface area contributed by atoms with Crippen molar-refractivity contribution < 1.29 is 14.6 Å². The molecule has 0 aliphatic rings. The maximum Gasteiger partial charge on any atom is 0.336 e. The minimum absolute atomic E-state index is 0.0369. The number of aromatic nitrogens is 1. The molecule has 0 bridgehead atoms. The molecule has 3 aromatic rings. The van der Waals surface area contributed by atoms with Crippen molar-refractivity contribution in [3.05, 3.63) is 40.4 Å². The number of carboxylic acids is 1. The molecule has 1 heterocycles. The van der Waals surface area contributed by atoms with E-state index in [0.717, 1.165) is 16.5 Å². The predicted molar refractivity (Wildman–Crippen MR) is 96.6 cm³/mol. The summed E-state index contributed by atoms with van der Waals surface area (Å²) in [5.41, 5.74) is 2.55. The highest BCUT2D eigenvalue weighted by atomic mass is 127. The molecule has 1 atom stereocenters. The molecule has 0 amide bonds. The van der Waals surface area contributed by atoms with Gasteiger partial charge in [0.2, 0.25) is 0 Å². The summed E-state index contributed by atoms with van der Waals surface area (Å²) in [5.74, 6) is -0.294. The summed E-state index contributed by atoms with van der Waals surface area (Å²) < 4.78 is 5.85. The van der Waals surface area contributed by atoms with E-state index in [-0.39, 0.29) is 9.67 Å². The lowest BCUT2D eigenvalue weighted by molar-refractivity contribution is 0.0699. The molecular weight excluding hydrogens is 417 g/mol. The van der Waals surface area contributed by atoms with Gasteiger partial charge in [-0.1, -0.05) is 11.6 Å². The van der Waals surface area contributed by atoms with E-state index in [4.69, 9.17) is 16.3 Å². The van der Waals surface area contributed by atoms with Crippen LogP contribution in [0.3, 0.4) is 0 Å². The number of rotatable bonds is 3. The van der Waals surface area contributed by atoms with E-state index in [1.807, 2.05) is 19.9 Å². The molecule has 4 nitrogen and oxygen atoms in total.